The van der Waals surface area contributed by atoms with Crippen LogP contribution in [0.3, 0.4) is 0 Å². The maximum absolute atomic E-state index is 13.9. The Balaban J connectivity index is 2.98. The molecule has 0 aliphatic heterocycles. The lowest BCUT2D eigenvalue weighted by Crippen LogP contribution is -2.47. The molecule has 0 unspecified atom stereocenters. The molecule has 9 nitrogen and oxygen atoms in total. The first-order valence-corrected chi connectivity index (χ1v) is 17.6. The normalized spacial score (nSPS) is 12.9. The van der Waals surface area contributed by atoms with Crippen LogP contribution >= 0.6 is 7.60 Å². The average Bonchev–Trinajstić information content (AvgIpc) is 2.81. The zero-order valence-electron chi connectivity index (χ0n) is 21.6. The van der Waals surface area contributed by atoms with Gasteiger partial charge in [-0.05, 0) is 53.7 Å². The van der Waals surface area contributed by atoms with Gasteiger partial charge in [0.15, 0.2) is 0 Å². The minimum Gasteiger partial charge on any atom is -0.374 e. The van der Waals surface area contributed by atoms with E-state index in [9.17, 15) is 4.57 Å². The molecule has 0 heterocycles. The molecule has 0 fully saturated rings. The average molecular weight is 539 g/mol. The van der Waals surface area contributed by atoms with E-state index >= 15 is 0 Å². The van der Waals surface area contributed by atoms with Crippen LogP contribution in [0.2, 0.25) is 12.1 Å². The van der Waals surface area contributed by atoms with E-state index in [-0.39, 0.29) is 13.2 Å². The van der Waals surface area contributed by atoms with Crippen LogP contribution in [0.15, 0.2) is 30.3 Å². The lowest BCUT2D eigenvalue weighted by Gasteiger charge is -2.30. The van der Waals surface area contributed by atoms with Crippen LogP contribution in [0, 0.1) is 0 Å². The molecular formula is C22H43O9PSi2. The van der Waals surface area contributed by atoms with Crippen molar-refractivity contribution in [1.29, 1.82) is 0 Å². The Morgan fingerprint density at radius 3 is 1.21 bits per heavy atom. The minimum absolute atomic E-state index is 0.101. The highest BCUT2D eigenvalue weighted by Gasteiger charge is 2.43. The molecule has 0 amide bonds. The Morgan fingerprint density at radius 2 is 0.912 bits per heavy atom. The zero-order valence-corrected chi connectivity index (χ0v) is 24.5. The van der Waals surface area contributed by atoms with E-state index in [0.717, 1.165) is 0 Å². The molecule has 1 aromatic rings. The molecule has 1 aromatic carbocycles. The van der Waals surface area contributed by atoms with Crippen LogP contribution in [0.4, 0.5) is 0 Å². The summed E-state index contributed by atoms with van der Waals surface area (Å²) in [6.45, 7) is 14.3. The summed E-state index contributed by atoms with van der Waals surface area (Å²) in [7, 11) is -9.54. The predicted octanol–water partition coefficient (Wildman–Crippen LogP) is 4.64. The largest absolute Gasteiger partial charge is 0.503 e. The van der Waals surface area contributed by atoms with Gasteiger partial charge in [-0.25, -0.2) is 0 Å². The number of rotatable bonds is 21. The summed E-state index contributed by atoms with van der Waals surface area (Å²) in [5.74, 6) is 0. The molecule has 34 heavy (non-hydrogen) atoms. The number of hydrogen-bond acceptors (Lipinski definition) is 9. The molecule has 0 saturated heterocycles. The van der Waals surface area contributed by atoms with Crippen molar-refractivity contribution in [3.05, 3.63) is 30.3 Å². The van der Waals surface area contributed by atoms with Gasteiger partial charge in [-0.2, -0.15) is 0 Å². The van der Waals surface area contributed by atoms with Gasteiger partial charge in [0.2, 0.25) is 0 Å². The molecule has 0 aliphatic rings. The van der Waals surface area contributed by atoms with Crippen LogP contribution < -0.4 is 5.30 Å². The third-order valence-corrected chi connectivity index (χ3v) is 12.6. The topological polar surface area (TPSA) is 90.9 Å². The van der Waals surface area contributed by atoms with Crippen LogP contribution in [0.25, 0.3) is 0 Å². The molecule has 12 heteroatoms. The smallest absolute Gasteiger partial charge is 0.374 e. The van der Waals surface area contributed by atoms with E-state index in [1.807, 2.05) is 47.6 Å². The minimum atomic E-state index is -3.65. The second kappa shape index (κ2) is 17.1. The summed E-state index contributed by atoms with van der Waals surface area (Å²) in [5, 5.41) is 0.475. The third-order valence-electron chi connectivity index (χ3n) is 4.60. The van der Waals surface area contributed by atoms with Gasteiger partial charge in [0.25, 0.3) is 0 Å². The highest BCUT2D eigenvalue weighted by Crippen LogP contribution is 2.48. The van der Waals surface area contributed by atoms with Gasteiger partial charge >= 0.3 is 25.2 Å². The second-order valence-electron chi connectivity index (χ2n) is 6.96. The third kappa shape index (κ3) is 10.3. The lowest BCUT2D eigenvalue weighted by atomic mass is 10.4. The van der Waals surface area contributed by atoms with E-state index in [1.54, 1.807) is 24.3 Å². The van der Waals surface area contributed by atoms with Gasteiger partial charge in [-0.1, -0.05) is 18.2 Å². The van der Waals surface area contributed by atoms with Crippen molar-refractivity contribution in [2.75, 3.05) is 52.9 Å². The Bertz CT molecular complexity index is 626. The highest BCUT2D eigenvalue weighted by atomic mass is 31.2. The van der Waals surface area contributed by atoms with Crippen molar-refractivity contribution in [3.63, 3.8) is 0 Å². The van der Waals surface area contributed by atoms with Crippen LogP contribution in [0.1, 0.15) is 41.5 Å². The molecule has 0 bridgehead atoms. The van der Waals surface area contributed by atoms with Crippen molar-refractivity contribution < 1.29 is 40.2 Å². The summed E-state index contributed by atoms with van der Waals surface area (Å²) < 4.78 is 61.0. The van der Waals surface area contributed by atoms with Crippen molar-refractivity contribution in [2.45, 2.75) is 53.6 Å². The van der Waals surface area contributed by atoms with E-state index < -0.39 is 25.2 Å². The Labute approximate surface area is 207 Å². The first kappa shape index (κ1) is 31.6. The van der Waals surface area contributed by atoms with Crippen molar-refractivity contribution in [2.24, 2.45) is 0 Å². The van der Waals surface area contributed by atoms with Gasteiger partial charge in [-0.15, -0.1) is 0 Å². The molecule has 0 radical (unpaired) electrons. The van der Waals surface area contributed by atoms with Gasteiger partial charge in [0, 0.05) is 51.7 Å². The molecule has 0 N–H and O–H groups in total. The Morgan fingerprint density at radius 1 is 0.588 bits per heavy atom. The summed E-state index contributed by atoms with van der Waals surface area (Å²) in [4.78, 5) is 0. The van der Waals surface area contributed by atoms with Crippen LogP contribution in [-0.2, 0) is 40.2 Å². The molecular weight excluding hydrogens is 495 g/mol. The molecule has 0 spiro atoms. The zero-order chi connectivity index (χ0) is 25.3. The van der Waals surface area contributed by atoms with Crippen molar-refractivity contribution in [3.8, 4) is 0 Å². The van der Waals surface area contributed by atoms with Crippen LogP contribution in [-0.4, -0.2) is 70.5 Å². The first-order chi connectivity index (χ1) is 16.4. The first-order valence-electron chi connectivity index (χ1n) is 12.2. The molecule has 198 valence electrons. The standard InChI is InChI=1S/C22H43O9PSi2/c1-7-26-33(27-8-2,28-9-3)20-18-24-32(23,22-16-14-13-15-17-22)25-19-21-34(29-10-4,30-11-5)31-12-6/h13-17H,7-12,18-21H2,1-6H3. The predicted molar refractivity (Wildman–Crippen MR) is 136 cm³/mol. The fourth-order valence-corrected chi connectivity index (χ4v) is 10.0. The Hall–Kier alpha value is -0.436. The number of hydrogen-bond donors (Lipinski definition) is 0. The van der Waals surface area contributed by atoms with Crippen molar-refractivity contribution in [1.82, 2.24) is 0 Å². The number of benzene rings is 1. The van der Waals surface area contributed by atoms with Crippen LogP contribution in [0.5, 0.6) is 0 Å². The van der Waals surface area contributed by atoms with E-state index in [4.69, 9.17) is 35.6 Å². The fourth-order valence-electron chi connectivity index (χ4n) is 3.38. The molecule has 1 rings (SSSR count). The molecule has 0 aromatic heterocycles. The molecule has 0 atom stereocenters. The maximum atomic E-state index is 13.9. The highest BCUT2D eigenvalue weighted by molar-refractivity contribution is 7.62. The van der Waals surface area contributed by atoms with E-state index in [1.165, 1.54) is 0 Å². The molecule has 0 aliphatic carbocycles. The molecule has 0 saturated carbocycles. The van der Waals surface area contributed by atoms with E-state index in [2.05, 4.69) is 0 Å². The van der Waals surface area contributed by atoms with Gasteiger partial charge < -0.3 is 35.6 Å². The fraction of sp³-hybridized carbons (Fsp3) is 0.727. The maximum Gasteiger partial charge on any atom is 0.503 e. The lowest BCUT2D eigenvalue weighted by molar-refractivity contribution is 0.0653. The van der Waals surface area contributed by atoms with Crippen molar-refractivity contribution >= 4 is 30.5 Å². The SMILES string of the molecule is CCO[Si](CCOP(=O)(OCC[Si](OCC)(OCC)OCC)c1ccccc1)(OCC)OCC. The van der Waals surface area contributed by atoms with Gasteiger partial charge in [0.05, 0.1) is 18.5 Å². The summed E-state index contributed by atoms with van der Waals surface area (Å²) in [5.41, 5.74) is 0. The Kier molecular flexibility index (Phi) is 15.9. The summed E-state index contributed by atoms with van der Waals surface area (Å²) in [6.07, 6.45) is 0. The summed E-state index contributed by atoms with van der Waals surface area (Å²) >= 11 is 0. The summed E-state index contributed by atoms with van der Waals surface area (Å²) in [6, 6.07) is 9.63. The quantitative estimate of drug-likeness (QED) is 0.164. The monoisotopic (exact) mass is 538 g/mol. The second-order valence-corrected chi connectivity index (χ2v) is 14.5. The van der Waals surface area contributed by atoms with Gasteiger partial charge in [-0.3, -0.25) is 4.57 Å². The van der Waals surface area contributed by atoms with E-state index in [0.29, 0.717) is 57.0 Å². The van der Waals surface area contributed by atoms with Gasteiger partial charge in [0.1, 0.15) is 0 Å².